The normalized spacial score (nSPS) is 13.5. The van der Waals surface area contributed by atoms with E-state index >= 15 is 0 Å². The van der Waals surface area contributed by atoms with Gasteiger partial charge in [0.2, 0.25) is 0 Å². The Labute approximate surface area is 122 Å². The molecule has 1 aliphatic carbocycles. The molecule has 1 aromatic carbocycles. The van der Waals surface area contributed by atoms with Crippen LogP contribution in [0.3, 0.4) is 0 Å². The maximum Gasteiger partial charge on any atom is 0.274 e. The number of hydrogen-bond donors (Lipinski definition) is 2. The maximum absolute atomic E-state index is 12.1. The van der Waals surface area contributed by atoms with E-state index in [0.717, 1.165) is 12.8 Å². The van der Waals surface area contributed by atoms with Gasteiger partial charge in [-0.2, -0.15) is 0 Å². The number of carbonyl (C=O) groups excluding carboxylic acids is 2. The van der Waals surface area contributed by atoms with E-state index in [1.165, 1.54) is 12.3 Å². The van der Waals surface area contributed by atoms with Gasteiger partial charge >= 0.3 is 0 Å². The zero-order valence-corrected chi connectivity index (χ0v) is 11.4. The van der Waals surface area contributed by atoms with E-state index in [0.29, 0.717) is 11.3 Å². The summed E-state index contributed by atoms with van der Waals surface area (Å²) < 4.78 is 0. The highest BCUT2D eigenvalue weighted by atomic mass is 16.2. The molecule has 3 rings (SSSR count). The molecule has 0 atom stereocenters. The Bertz CT molecular complexity index is 666. The van der Waals surface area contributed by atoms with E-state index in [1.54, 1.807) is 18.2 Å². The lowest BCUT2D eigenvalue weighted by molar-refractivity contribution is 0.0951. The standard InChI is InChI=1S/C16H15N3O2/c20-15(18-13-6-7-13)11-8-9-17-14(10-11)16(21)19-12-4-2-1-3-5-12/h1-5,8-10,13H,6-7H2,(H,18,20)(H,19,21). The third kappa shape index (κ3) is 3.45. The van der Waals surface area contributed by atoms with Crippen LogP contribution in [0.4, 0.5) is 5.69 Å². The fourth-order valence-corrected chi connectivity index (χ4v) is 1.91. The fraction of sp³-hybridized carbons (Fsp3) is 0.188. The first-order valence-electron chi connectivity index (χ1n) is 6.86. The third-order valence-electron chi connectivity index (χ3n) is 3.20. The van der Waals surface area contributed by atoms with Crippen LogP contribution in [0.5, 0.6) is 0 Å². The number of amides is 2. The summed E-state index contributed by atoms with van der Waals surface area (Å²) in [6.07, 6.45) is 3.53. The number of rotatable bonds is 4. The maximum atomic E-state index is 12.1. The molecule has 21 heavy (non-hydrogen) atoms. The summed E-state index contributed by atoms with van der Waals surface area (Å²) in [7, 11) is 0. The van der Waals surface area contributed by atoms with Crippen molar-refractivity contribution in [3.8, 4) is 0 Å². The van der Waals surface area contributed by atoms with Gasteiger partial charge in [-0.3, -0.25) is 14.6 Å². The van der Waals surface area contributed by atoms with Crippen molar-refractivity contribution in [3.63, 3.8) is 0 Å². The second kappa shape index (κ2) is 5.75. The number of carbonyl (C=O) groups is 2. The van der Waals surface area contributed by atoms with Gasteiger partial charge in [-0.15, -0.1) is 0 Å². The van der Waals surface area contributed by atoms with Gasteiger partial charge in [0.25, 0.3) is 11.8 Å². The highest BCUT2D eigenvalue weighted by Gasteiger charge is 2.24. The second-order valence-electron chi connectivity index (χ2n) is 5.00. The van der Waals surface area contributed by atoms with Crippen LogP contribution < -0.4 is 10.6 Å². The Kier molecular flexibility index (Phi) is 3.64. The van der Waals surface area contributed by atoms with Gasteiger partial charge < -0.3 is 10.6 Å². The number of anilines is 1. The summed E-state index contributed by atoms with van der Waals surface area (Å²) in [5, 5.41) is 5.63. The minimum absolute atomic E-state index is 0.159. The topological polar surface area (TPSA) is 71.1 Å². The van der Waals surface area contributed by atoms with E-state index in [1.807, 2.05) is 18.2 Å². The molecule has 2 aromatic rings. The number of para-hydroxylation sites is 1. The number of aromatic nitrogens is 1. The number of nitrogens with zero attached hydrogens (tertiary/aromatic N) is 1. The Hall–Kier alpha value is -2.69. The monoisotopic (exact) mass is 281 g/mol. The first-order chi connectivity index (χ1) is 10.2. The smallest absolute Gasteiger partial charge is 0.274 e. The molecule has 1 aliphatic rings. The van der Waals surface area contributed by atoms with Gasteiger partial charge in [0.1, 0.15) is 5.69 Å². The third-order valence-corrected chi connectivity index (χ3v) is 3.20. The lowest BCUT2D eigenvalue weighted by Crippen LogP contribution is -2.26. The van der Waals surface area contributed by atoms with Crippen LogP contribution in [-0.4, -0.2) is 22.8 Å². The van der Waals surface area contributed by atoms with Crippen LogP contribution in [0.25, 0.3) is 0 Å². The van der Waals surface area contributed by atoms with Gasteiger partial charge in [-0.1, -0.05) is 18.2 Å². The molecule has 5 heteroatoms. The minimum Gasteiger partial charge on any atom is -0.349 e. The molecule has 1 heterocycles. The first-order valence-corrected chi connectivity index (χ1v) is 6.86. The Balaban J connectivity index is 1.72. The average Bonchev–Trinajstić information content (AvgIpc) is 3.32. The minimum atomic E-state index is -0.331. The summed E-state index contributed by atoms with van der Waals surface area (Å²) in [6.45, 7) is 0. The number of hydrogen-bond acceptors (Lipinski definition) is 3. The number of benzene rings is 1. The molecular weight excluding hydrogens is 266 g/mol. The lowest BCUT2D eigenvalue weighted by Gasteiger charge is -2.06. The zero-order chi connectivity index (χ0) is 14.7. The van der Waals surface area contributed by atoms with Crippen molar-refractivity contribution in [1.29, 1.82) is 0 Å². The molecule has 5 nitrogen and oxygen atoms in total. The van der Waals surface area contributed by atoms with Crippen LogP contribution in [0.1, 0.15) is 33.7 Å². The van der Waals surface area contributed by atoms with Crippen LogP contribution in [-0.2, 0) is 0 Å². The molecule has 0 aliphatic heterocycles. The van der Waals surface area contributed by atoms with Crippen molar-refractivity contribution < 1.29 is 9.59 Å². The number of nitrogens with one attached hydrogen (secondary N) is 2. The largest absolute Gasteiger partial charge is 0.349 e. The van der Waals surface area contributed by atoms with E-state index in [-0.39, 0.29) is 23.6 Å². The molecule has 1 fully saturated rings. The van der Waals surface area contributed by atoms with Crippen molar-refractivity contribution >= 4 is 17.5 Å². The summed E-state index contributed by atoms with van der Waals surface area (Å²) in [5.41, 5.74) is 1.37. The molecule has 0 spiro atoms. The first kappa shape index (κ1) is 13.3. The van der Waals surface area contributed by atoms with Gasteiger partial charge in [0.05, 0.1) is 0 Å². The average molecular weight is 281 g/mol. The zero-order valence-electron chi connectivity index (χ0n) is 11.4. The summed E-state index contributed by atoms with van der Waals surface area (Å²) >= 11 is 0. The van der Waals surface area contributed by atoms with Gasteiger partial charge in [-0.05, 0) is 37.1 Å². The van der Waals surface area contributed by atoms with Crippen molar-refractivity contribution in [2.45, 2.75) is 18.9 Å². The molecule has 1 saturated carbocycles. The predicted molar refractivity (Wildman–Crippen MR) is 79.1 cm³/mol. The van der Waals surface area contributed by atoms with Gasteiger partial charge in [0, 0.05) is 23.5 Å². The summed E-state index contributed by atoms with van der Waals surface area (Å²) in [6, 6.07) is 12.5. The highest BCUT2D eigenvalue weighted by molar-refractivity contribution is 6.04. The Morgan fingerprint density at radius 2 is 1.81 bits per heavy atom. The van der Waals surface area contributed by atoms with Gasteiger partial charge in [-0.25, -0.2) is 0 Å². The Morgan fingerprint density at radius 3 is 2.52 bits per heavy atom. The SMILES string of the molecule is O=C(NC1CC1)c1ccnc(C(=O)Nc2ccccc2)c1. The van der Waals surface area contributed by atoms with E-state index in [4.69, 9.17) is 0 Å². The van der Waals surface area contributed by atoms with Crippen molar-refractivity contribution in [2.75, 3.05) is 5.32 Å². The molecule has 0 bridgehead atoms. The second-order valence-corrected chi connectivity index (χ2v) is 5.00. The molecule has 0 saturated heterocycles. The molecule has 106 valence electrons. The molecule has 0 radical (unpaired) electrons. The van der Waals surface area contributed by atoms with Crippen LogP contribution in [0.15, 0.2) is 48.7 Å². The van der Waals surface area contributed by atoms with Crippen LogP contribution in [0.2, 0.25) is 0 Å². The van der Waals surface area contributed by atoms with Crippen LogP contribution in [0, 0.1) is 0 Å². The highest BCUT2D eigenvalue weighted by Crippen LogP contribution is 2.19. The van der Waals surface area contributed by atoms with Crippen molar-refractivity contribution in [3.05, 3.63) is 59.9 Å². The molecule has 1 aromatic heterocycles. The Morgan fingerprint density at radius 1 is 1.05 bits per heavy atom. The summed E-state index contributed by atoms with van der Waals surface area (Å²) in [5.74, 6) is -0.490. The quantitative estimate of drug-likeness (QED) is 0.902. The van der Waals surface area contributed by atoms with Crippen LogP contribution >= 0.6 is 0 Å². The lowest BCUT2D eigenvalue weighted by atomic mass is 10.2. The van der Waals surface area contributed by atoms with E-state index in [2.05, 4.69) is 15.6 Å². The van der Waals surface area contributed by atoms with E-state index in [9.17, 15) is 9.59 Å². The molecular formula is C16H15N3O2. The van der Waals surface area contributed by atoms with E-state index < -0.39 is 0 Å². The predicted octanol–water partition coefficient (Wildman–Crippen LogP) is 2.23. The van der Waals surface area contributed by atoms with Gasteiger partial charge in [0.15, 0.2) is 0 Å². The number of pyridine rings is 1. The van der Waals surface area contributed by atoms with Crippen molar-refractivity contribution in [1.82, 2.24) is 10.3 Å². The summed E-state index contributed by atoms with van der Waals surface area (Å²) in [4.78, 5) is 28.1. The molecule has 0 unspecified atom stereocenters. The fourth-order valence-electron chi connectivity index (χ4n) is 1.91. The molecule has 2 N–H and O–H groups in total. The van der Waals surface area contributed by atoms with Crippen molar-refractivity contribution in [2.24, 2.45) is 0 Å². The molecule has 2 amide bonds.